The van der Waals surface area contributed by atoms with Crippen LogP contribution in [0.3, 0.4) is 0 Å². The van der Waals surface area contributed by atoms with Crippen LogP contribution in [0, 0.1) is 5.41 Å². The minimum Gasteiger partial charge on any atom is -0.464 e. The second-order valence-electron chi connectivity index (χ2n) is 4.37. The highest BCUT2D eigenvalue weighted by Gasteiger charge is 2.34. The molecule has 0 atom stereocenters. The number of hydrogen-bond donors (Lipinski definition) is 0. The van der Waals surface area contributed by atoms with Crippen LogP contribution in [0.15, 0.2) is 0 Å². The molecule has 76 valence electrons. The van der Waals surface area contributed by atoms with E-state index < -0.39 is 5.97 Å². The van der Waals surface area contributed by atoms with E-state index in [4.69, 9.17) is 0 Å². The number of fused-ring (bicyclic) bond motifs is 1. The number of aromatic nitrogens is 3. The zero-order valence-electron chi connectivity index (χ0n) is 8.57. The van der Waals surface area contributed by atoms with Gasteiger partial charge in [-0.25, -0.2) is 9.48 Å². The molecule has 2 heterocycles. The van der Waals surface area contributed by atoms with Crippen LogP contribution in [0.25, 0.3) is 0 Å². The Balaban J connectivity index is 2.37. The Morgan fingerprint density at radius 2 is 2.29 bits per heavy atom. The van der Waals surface area contributed by atoms with Gasteiger partial charge in [0.2, 0.25) is 0 Å². The Bertz CT molecular complexity index is 381. The van der Waals surface area contributed by atoms with Crippen molar-refractivity contribution in [3.05, 3.63) is 11.4 Å². The van der Waals surface area contributed by atoms with Gasteiger partial charge in [-0.15, -0.1) is 5.10 Å². The number of nitrogens with zero attached hydrogens (tertiary/aromatic N) is 3. The average Bonchev–Trinajstić information content (AvgIpc) is 2.58. The van der Waals surface area contributed by atoms with Gasteiger partial charge >= 0.3 is 5.97 Å². The highest BCUT2D eigenvalue weighted by atomic mass is 16.5. The van der Waals surface area contributed by atoms with Crippen molar-refractivity contribution in [3.63, 3.8) is 0 Å². The van der Waals surface area contributed by atoms with E-state index in [-0.39, 0.29) is 5.41 Å². The Morgan fingerprint density at radius 3 is 2.93 bits per heavy atom. The second-order valence-corrected chi connectivity index (χ2v) is 4.37. The second kappa shape index (κ2) is 2.80. The monoisotopic (exact) mass is 195 g/mol. The first-order chi connectivity index (χ1) is 6.53. The molecule has 0 amide bonds. The van der Waals surface area contributed by atoms with Gasteiger partial charge in [0.1, 0.15) is 0 Å². The van der Waals surface area contributed by atoms with Crippen molar-refractivity contribution < 1.29 is 9.53 Å². The lowest BCUT2D eigenvalue weighted by molar-refractivity contribution is 0.0592. The Hall–Kier alpha value is -1.39. The number of carbonyl (C=O) groups excluding carboxylic acids is 1. The number of esters is 1. The minimum absolute atomic E-state index is 0.161. The summed E-state index contributed by atoms with van der Waals surface area (Å²) in [5, 5.41) is 7.74. The molecule has 0 unspecified atom stereocenters. The molecule has 0 bridgehead atoms. The molecule has 1 aromatic heterocycles. The maximum absolute atomic E-state index is 11.3. The predicted octanol–water partition coefficient (Wildman–Crippen LogP) is 0.647. The van der Waals surface area contributed by atoms with Crippen molar-refractivity contribution in [2.24, 2.45) is 5.41 Å². The Labute approximate surface area is 82.1 Å². The fourth-order valence-electron chi connectivity index (χ4n) is 1.80. The summed E-state index contributed by atoms with van der Waals surface area (Å²) in [5.41, 5.74) is 1.41. The molecule has 0 spiro atoms. The topological polar surface area (TPSA) is 57.0 Å². The fraction of sp³-hybridized carbons (Fsp3) is 0.667. The van der Waals surface area contributed by atoms with Gasteiger partial charge in [0.15, 0.2) is 5.69 Å². The SMILES string of the molecule is COC(=O)c1nnn2c1CC(C)(C)C2. The van der Waals surface area contributed by atoms with Gasteiger partial charge in [0, 0.05) is 6.54 Å². The lowest BCUT2D eigenvalue weighted by Crippen LogP contribution is -2.14. The zero-order valence-corrected chi connectivity index (χ0v) is 8.57. The first-order valence-corrected chi connectivity index (χ1v) is 4.54. The molecular formula is C9H13N3O2. The van der Waals surface area contributed by atoms with Crippen LogP contribution in [0.1, 0.15) is 30.0 Å². The molecule has 1 aliphatic rings. The third kappa shape index (κ3) is 1.29. The van der Waals surface area contributed by atoms with E-state index in [9.17, 15) is 4.79 Å². The number of rotatable bonds is 1. The number of ether oxygens (including phenoxy) is 1. The summed E-state index contributed by atoms with van der Waals surface area (Å²) in [5.74, 6) is -0.399. The molecule has 0 fully saturated rings. The first kappa shape index (κ1) is 9.18. The van der Waals surface area contributed by atoms with Crippen LogP contribution in [-0.2, 0) is 17.7 Å². The van der Waals surface area contributed by atoms with Gasteiger partial charge in [-0.2, -0.15) is 0 Å². The summed E-state index contributed by atoms with van der Waals surface area (Å²) in [6, 6.07) is 0. The molecule has 0 saturated carbocycles. The summed E-state index contributed by atoms with van der Waals surface area (Å²) >= 11 is 0. The van der Waals surface area contributed by atoms with Crippen molar-refractivity contribution in [1.29, 1.82) is 0 Å². The van der Waals surface area contributed by atoms with Gasteiger partial charge in [-0.05, 0) is 11.8 Å². The smallest absolute Gasteiger partial charge is 0.360 e. The lowest BCUT2D eigenvalue weighted by atomic mass is 9.91. The van der Waals surface area contributed by atoms with E-state index >= 15 is 0 Å². The minimum atomic E-state index is -0.399. The molecule has 2 rings (SSSR count). The molecular weight excluding hydrogens is 182 g/mol. The first-order valence-electron chi connectivity index (χ1n) is 4.54. The van der Waals surface area contributed by atoms with Crippen molar-refractivity contribution >= 4 is 5.97 Å². The molecule has 1 aromatic rings. The van der Waals surface area contributed by atoms with E-state index in [2.05, 4.69) is 28.9 Å². The summed E-state index contributed by atoms with van der Waals surface area (Å²) in [4.78, 5) is 11.3. The largest absolute Gasteiger partial charge is 0.464 e. The highest BCUT2D eigenvalue weighted by Crippen LogP contribution is 2.31. The molecule has 1 aliphatic heterocycles. The van der Waals surface area contributed by atoms with Gasteiger partial charge in [-0.3, -0.25) is 0 Å². The summed E-state index contributed by atoms with van der Waals surface area (Å²) < 4.78 is 6.42. The van der Waals surface area contributed by atoms with Crippen molar-refractivity contribution in [2.45, 2.75) is 26.8 Å². The zero-order chi connectivity index (χ0) is 10.3. The third-order valence-electron chi connectivity index (χ3n) is 2.44. The fourth-order valence-corrected chi connectivity index (χ4v) is 1.80. The van der Waals surface area contributed by atoms with Crippen molar-refractivity contribution in [2.75, 3.05) is 7.11 Å². The number of carbonyl (C=O) groups is 1. The molecule has 14 heavy (non-hydrogen) atoms. The van der Waals surface area contributed by atoms with E-state index in [0.717, 1.165) is 18.7 Å². The lowest BCUT2D eigenvalue weighted by Gasteiger charge is -2.13. The molecule has 5 nitrogen and oxygen atoms in total. The molecule has 0 aromatic carbocycles. The third-order valence-corrected chi connectivity index (χ3v) is 2.44. The van der Waals surface area contributed by atoms with Crippen LogP contribution in [-0.4, -0.2) is 28.1 Å². The van der Waals surface area contributed by atoms with E-state index in [1.165, 1.54) is 7.11 Å². The Kier molecular flexibility index (Phi) is 1.83. The van der Waals surface area contributed by atoms with Crippen LogP contribution in [0.4, 0.5) is 0 Å². The number of hydrogen-bond acceptors (Lipinski definition) is 4. The average molecular weight is 195 g/mol. The quantitative estimate of drug-likeness (QED) is 0.617. The van der Waals surface area contributed by atoms with Gasteiger partial charge in [0.25, 0.3) is 0 Å². The summed E-state index contributed by atoms with van der Waals surface area (Å²) in [6.07, 6.45) is 0.824. The van der Waals surface area contributed by atoms with E-state index in [0.29, 0.717) is 5.69 Å². The van der Waals surface area contributed by atoms with Crippen LogP contribution in [0.5, 0.6) is 0 Å². The van der Waals surface area contributed by atoms with Crippen LogP contribution < -0.4 is 0 Å². The van der Waals surface area contributed by atoms with Crippen LogP contribution in [0.2, 0.25) is 0 Å². The maximum Gasteiger partial charge on any atom is 0.360 e. The summed E-state index contributed by atoms with van der Waals surface area (Å²) in [7, 11) is 1.36. The van der Waals surface area contributed by atoms with E-state index in [1.54, 1.807) is 4.68 Å². The van der Waals surface area contributed by atoms with Gasteiger partial charge in [0.05, 0.1) is 12.8 Å². The molecule has 0 N–H and O–H groups in total. The highest BCUT2D eigenvalue weighted by molar-refractivity contribution is 5.88. The normalized spacial score (nSPS) is 17.9. The van der Waals surface area contributed by atoms with Gasteiger partial charge < -0.3 is 4.74 Å². The standard InChI is InChI=1S/C9H13N3O2/c1-9(2)4-6-7(8(13)14-3)10-11-12(6)5-9/h4-5H2,1-3H3. The van der Waals surface area contributed by atoms with Gasteiger partial charge in [-0.1, -0.05) is 19.1 Å². The van der Waals surface area contributed by atoms with Crippen molar-refractivity contribution in [3.8, 4) is 0 Å². The summed E-state index contributed by atoms with van der Waals surface area (Å²) in [6.45, 7) is 5.10. The molecule has 0 radical (unpaired) electrons. The molecule has 5 heteroatoms. The molecule has 0 aliphatic carbocycles. The Morgan fingerprint density at radius 1 is 1.57 bits per heavy atom. The van der Waals surface area contributed by atoms with Crippen molar-refractivity contribution in [1.82, 2.24) is 15.0 Å². The van der Waals surface area contributed by atoms with E-state index in [1.807, 2.05) is 0 Å². The maximum atomic E-state index is 11.3. The molecule has 0 saturated heterocycles. The number of methoxy groups -OCH3 is 1. The van der Waals surface area contributed by atoms with Crippen LogP contribution >= 0.6 is 0 Å². The predicted molar refractivity (Wildman–Crippen MR) is 48.8 cm³/mol.